The average Bonchev–Trinajstić information content (AvgIpc) is 3.55. The number of hydrogen-bond acceptors (Lipinski definition) is 9. The Morgan fingerprint density at radius 1 is 1.00 bits per heavy atom. The standard InChI is InChI=1S/C25H27N7O4/c1-17-23(27-29-32(17)19-5-4-6-21(15-19)35-3)25(33)31-13-11-30(12-14-31)16-22-26-24(28-36-22)18-7-9-20(34-2)10-8-18/h4-10,15H,11-14,16H2,1-3H3. The van der Waals surface area contributed by atoms with Crippen LogP contribution in [0.5, 0.6) is 11.5 Å². The summed E-state index contributed by atoms with van der Waals surface area (Å²) in [6.07, 6.45) is 0. The van der Waals surface area contributed by atoms with Crippen molar-refractivity contribution in [2.24, 2.45) is 0 Å². The van der Waals surface area contributed by atoms with Gasteiger partial charge in [0.15, 0.2) is 5.69 Å². The molecule has 0 bridgehead atoms. The summed E-state index contributed by atoms with van der Waals surface area (Å²) in [6, 6.07) is 15.0. The Labute approximate surface area is 208 Å². The molecule has 0 unspecified atom stereocenters. The minimum atomic E-state index is -0.124. The Morgan fingerprint density at radius 3 is 2.47 bits per heavy atom. The van der Waals surface area contributed by atoms with E-state index < -0.39 is 0 Å². The van der Waals surface area contributed by atoms with Gasteiger partial charge in [-0.15, -0.1) is 5.10 Å². The maximum absolute atomic E-state index is 13.2. The van der Waals surface area contributed by atoms with Gasteiger partial charge >= 0.3 is 0 Å². The lowest BCUT2D eigenvalue weighted by Crippen LogP contribution is -2.48. The van der Waals surface area contributed by atoms with Crippen LogP contribution in [-0.4, -0.2) is 81.2 Å². The summed E-state index contributed by atoms with van der Waals surface area (Å²) in [4.78, 5) is 21.7. The summed E-state index contributed by atoms with van der Waals surface area (Å²) in [5, 5.41) is 12.5. The molecule has 0 N–H and O–H groups in total. The molecule has 2 aromatic carbocycles. The van der Waals surface area contributed by atoms with Crippen LogP contribution in [0.25, 0.3) is 17.1 Å². The molecule has 2 aromatic heterocycles. The van der Waals surface area contributed by atoms with Crippen LogP contribution in [0.2, 0.25) is 0 Å². The van der Waals surface area contributed by atoms with E-state index in [4.69, 9.17) is 14.0 Å². The van der Waals surface area contributed by atoms with Crippen molar-refractivity contribution in [1.82, 2.24) is 34.9 Å². The molecule has 36 heavy (non-hydrogen) atoms. The maximum atomic E-state index is 13.2. The maximum Gasteiger partial charge on any atom is 0.276 e. The summed E-state index contributed by atoms with van der Waals surface area (Å²) < 4.78 is 17.6. The van der Waals surface area contributed by atoms with Crippen LogP contribution in [-0.2, 0) is 6.54 Å². The van der Waals surface area contributed by atoms with Gasteiger partial charge in [0.2, 0.25) is 11.7 Å². The normalized spacial score (nSPS) is 14.1. The number of benzene rings is 2. The van der Waals surface area contributed by atoms with E-state index in [1.807, 2.05) is 55.5 Å². The number of rotatable bonds is 7. The van der Waals surface area contributed by atoms with Gasteiger partial charge in [0.05, 0.1) is 32.1 Å². The second kappa shape index (κ2) is 10.2. The molecule has 0 saturated carbocycles. The molecule has 11 nitrogen and oxygen atoms in total. The molecule has 1 aliphatic heterocycles. The van der Waals surface area contributed by atoms with Crippen LogP contribution in [0.15, 0.2) is 53.1 Å². The summed E-state index contributed by atoms with van der Waals surface area (Å²) in [7, 11) is 3.24. The van der Waals surface area contributed by atoms with Gasteiger partial charge in [0, 0.05) is 37.8 Å². The third-order valence-electron chi connectivity index (χ3n) is 6.23. The molecular formula is C25H27N7O4. The number of piperazine rings is 1. The van der Waals surface area contributed by atoms with Gasteiger partial charge in [-0.25, -0.2) is 4.68 Å². The molecule has 186 valence electrons. The van der Waals surface area contributed by atoms with Crippen molar-refractivity contribution >= 4 is 5.91 Å². The van der Waals surface area contributed by atoms with Crippen molar-refractivity contribution in [2.45, 2.75) is 13.5 Å². The predicted molar refractivity (Wildman–Crippen MR) is 130 cm³/mol. The molecule has 3 heterocycles. The number of aromatic nitrogens is 5. The van der Waals surface area contributed by atoms with Crippen molar-refractivity contribution in [2.75, 3.05) is 40.4 Å². The number of carbonyl (C=O) groups excluding carboxylic acids is 1. The summed E-state index contributed by atoms with van der Waals surface area (Å²) >= 11 is 0. The van der Waals surface area contributed by atoms with Gasteiger partial charge in [-0.05, 0) is 43.3 Å². The Hall–Kier alpha value is -4.25. The fraction of sp³-hybridized carbons (Fsp3) is 0.320. The van der Waals surface area contributed by atoms with Gasteiger partial charge < -0.3 is 18.9 Å². The van der Waals surface area contributed by atoms with Gasteiger partial charge in [-0.3, -0.25) is 9.69 Å². The lowest BCUT2D eigenvalue weighted by molar-refractivity contribution is 0.0608. The van der Waals surface area contributed by atoms with Crippen molar-refractivity contribution in [1.29, 1.82) is 0 Å². The minimum Gasteiger partial charge on any atom is -0.497 e. The first-order valence-electron chi connectivity index (χ1n) is 11.6. The SMILES string of the molecule is COc1ccc(-c2noc(CN3CCN(C(=O)c4nnn(-c5cccc(OC)c5)c4C)CC3)n2)cc1. The first kappa shape index (κ1) is 23.5. The lowest BCUT2D eigenvalue weighted by atomic mass is 10.2. The number of carbonyl (C=O) groups is 1. The molecule has 11 heteroatoms. The third-order valence-corrected chi connectivity index (χ3v) is 6.23. The zero-order valence-corrected chi connectivity index (χ0v) is 20.4. The van der Waals surface area contributed by atoms with Crippen LogP contribution >= 0.6 is 0 Å². The van der Waals surface area contributed by atoms with E-state index in [1.54, 1.807) is 23.8 Å². The van der Waals surface area contributed by atoms with Gasteiger partial charge in [-0.2, -0.15) is 4.98 Å². The van der Waals surface area contributed by atoms with Crippen LogP contribution < -0.4 is 9.47 Å². The van der Waals surface area contributed by atoms with E-state index >= 15 is 0 Å². The van der Waals surface area contributed by atoms with Crippen LogP contribution in [0.1, 0.15) is 22.1 Å². The van der Waals surface area contributed by atoms with E-state index in [2.05, 4.69) is 25.4 Å². The Balaban J connectivity index is 1.19. The first-order valence-corrected chi connectivity index (χ1v) is 11.6. The molecule has 1 aliphatic rings. The highest BCUT2D eigenvalue weighted by molar-refractivity contribution is 5.93. The van der Waals surface area contributed by atoms with Crippen molar-refractivity contribution in [3.05, 3.63) is 65.8 Å². The van der Waals surface area contributed by atoms with E-state index in [9.17, 15) is 4.79 Å². The fourth-order valence-corrected chi connectivity index (χ4v) is 4.14. The van der Waals surface area contributed by atoms with Crippen molar-refractivity contribution < 1.29 is 18.8 Å². The number of hydrogen-bond donors (Lipinski definition) is 0. The topological polar surface area (TPSA) is 112 Å². The number of methoxy groups -OCH3 is 2. The monoisotopic (exact) mass is 489 g/mol. The van der Waals surface area contributed by atoms with Crippen LogP contribution in [0.3, 0.4) is 0 Å². The number of amides is 1. The molecular weight excluding hydrogens is 462 g/mol. The minimum absolute atomic E-state index is 0.124. The number of ether oxygens (including phenoxy) is 2. The van der Waals surface area contributed by atoms with Crippen molar-refractivity contribution in [3.63, 3.8) is 0 Å². The highest BCUT2D eigenvalue weighted by Crippen LogP contribution is 2.21. The third kappa shape index (κ3) is 4.78. The van der Waals surface area contributed by atoms with Crippen LogP contribution in [0.4, 0.5) is 0 Å². The molecule has 4 aromatic rings. The van der Waals surface area contributed by atoms with Crippen LogP contribution in [0, 0.1) is 6.92 Å². The summed E-state index contributed by atoms with van der Waals surface area (Å²) in [5.74, 6) is 2.44. The first-order chi connectivity index (χ1) is 17.6. The zero-order chi connectivity index (χ0) is 25.1. The second-order valence-corrected chi connectivity index (χ2v) is 8.45. The van der Waals surface area contributed by atoms with E-state index in [-0.39, 0.29) is 5.91 Å². The lowest BCUT2D eigenvalue weighted by Gasteiger charge is -2.33. The Kier molecular flexibility index (Phi) is 6.63. The highest BCUT2D eigenvalue weighted by atomic mass is 16.5. The quantitative estimate of drug-likeness (QED) is 0.387. The molecule has 1 amide bonds. The largest absolute Gasteiger partial charge is 0.497 e. The molecule has 0 atom stereocenters. The summed E-state index contributed by atoms with van der Waals surface area (Å²) in [5.41, 5.74) is 2.69. The molecule has 0 spiro atoms. The second-order valence-electron chi connectivity index (χ2n) is 8.45. The molecule has 5 rings (SSSR count). The predicted octanol–water partition coefficient (Wildman–Crippen LogP) is 2.60. The summed E-state index contributed by atoms with van der Waals surface area (Å²) in [6.45, 7) is 4.90. The Morgan fingerprint density at radius 2 is 1.75 bits per heavy atom. The fourth-order valence-electron chi connectivity index (χ4n) is 4.14. The van der Waals surface area contributed by atoms with Gasteiger partial charge in [-0.1, -0.05) is 16.4 Å². The van der Waals surface area contributed by atoms with E-state index in [1.165, 1.54) is 0 Å². The molecule has 0 aliphatic carbocycles. The smallest absolute Gasteiger partial charge is 0.276 e. The van der Waals surface area contributed by atoms with E-state index in [0.717, 1.165) is 17.0 Å². The van der Waals surface area contributed by atoms with Crippen molar-refractivity contribution in [3.8, 4) is 28.6 Å². The van der Waals surface area contributed by atoms with E-state index in [0.29, 0.717) is 61.6 Å². The average molecular weight is 490 g/mol. The zero-order valence-electron chi connectivity index (χ0n) is 20.4. The molecule has 1 saturated heterocycles. The highest BCUT2D eigenvalue weighted by Gasteiger charge is 2.27. The molecule has 1 fully saturated rings. The van der Waals surface area contributed by atoms with Gasteiger partial charge in [0.1, 0.15) is 11.5 Å². The molecule has 0 radical (unpaired) electrons. The van der Waals surface area contributed by atoms with Gasteiger partial charge in [0.25, 0.3) is 5.91 Å². The Bertz CT molecular complexity index is 1340. The number of nitrogens with zero attached hydrogens (tertiary/aromatic N) is 7.